The number of piperazine rings is 1. The number of fused-ring (bicyclic) bond motifs is 1. The van der Waals surface area contributed by atoms with Gasteiger partial charge in [0.2, 0.25) is 0 Å². The summed E-state index contributed by atoms with van der Waals surface area (Å²) in [5, 5.41) is 8.37. The minimum absolute atomic E-state index is 0.00624. The Bertz CT molecular complexity index is 951. The Labute approximate surface area is 162 Å². The Hall–Kier alpha value is -3.23. The molecule has 0 unspecified atom stereocenters. The van der Waals surface area contributed by atoms with Crippen LogP contribution in [0.25, 0.3) is 11.2 Å². The van der Waals surface area contributed by atoms with Crippen LogP contribution in [-0.2, 0) is 11.3 Å². The Morgan fingerprint density at radius 2 is 1.89 bits per heavy atom. The fraction of sp³-hybridized carbons (Fsp3) is 0.421. The summed E-state index contributed by atoms with van der Waals surface area (Å²) in [5.74, 6) is 1.46. The number of aromatic nitrogens is 5. The van der Waals surface area contributed by atoms with Gasteiger partial charge in [0.05, 0.1) is 0 Å². The SMILES string of the molecule is CCn1nnc2c(N3CCN(C(=O)[C@@H](C)Oc4ccccc4)CC3)ncnc21. The molecule has 0 spiro atoms. The van der Waals surface area contributed by atoms with Gasteiger partial charge < -0.3 is 14.5 Å². The van der Waals surface area contributed by atoms with Crippen molar-refractivity contribution in [3.8, 4) is 5.75 Å². The lowest BCUT2D eigenvalue weighted by Crippen LogP contribution is -2.52. The van der Waals surface area contributed by atoms with Crippen molar-refractivity contribution >= 4 is 22.9 Å². The number of anilines is 1. The van der Waals surface area contributed by atoms with Gasteiger partial charge >= 0.3 is 0 Å². The van der Waals surface area contributed by atoms with Gasteiger partial charge in [0, 0.05) is 32.7 Å². The summed E-state index contributed by atoms with van der Waals surface area (Å²) in [6.45, 7) is 7.06. The molecule has 2 aromatic heterocycles. The fourth-order valence-corrected chi connectivity index (χ4v) is 3.37. The Balaban J connectivity index is 1.41. The summed E-state index contributed by atoms with van der Waals surface area (Å²) < 4.78 is 7.52. The Kier molecular flexibility index (Phi) is 5.05. The van der Waals surface area contributed by atoms with E-state index in [1.165, 1.54) is 0 Å². The number of carbonyl (C=O) groups excluding carboxylic acids is 1. The van der Waals surface area contributed by atoms with E-state index in [1.54, 1.807) is 17.9 Å². The molecule has 0 N–H and O–H groups in total. The molecule has 1 saturated heterocycles. The predicted octanol–water partition coefficient (Wildman–Crippen LogP) is 1.36. The van der Waals surface area contributed by atoms with Gasteiger partial charge in [0.25, 0.3) is 5.91 Å². The molecule has 1 aromatic carbocycles. The number of carbonyl (C=O) groups is 1. The van der Waals surface area contributed by atoms with Gasteiger partial charge in [0.15, 0.2) is 23.1 Å². The highest BCUT2D eigenvalue weighted by Gasteiger charge is 2.28. The number of hydrogen-bond donors (Lipinski definition) is 0. The molecule has 28 heavy (non-hydrogen) atoms. The minimum Gasteiger partial charge on any atom is -0.481 e. The van der Waals surface area contributed by atoms with Crippen LogP contribution >= 0.6 is 0 Å². The highest BCUT2D eigenvalue weighted by atomic mass is 16.5. The minimum atomic E-state index is -0.524. The predicted molar refractivity (Wildman–Crippen MR) is 104 cm³/mol. The van der Waals surface area contributed by atoms with Crippen molar-refractivity contribution in [3.05, 3.63) is 36.7 Å². The van der Waals surface area contributed by atoms with Crippen LogP contribution < -0.4 is 9.64 Å². The van der Waals surface area contributed by atoms with Crippen molar-refractivity contribution in [2.75, 3.05) is 31.1 Å². The molecule has 1 aliphatic heterocycles. The maximum absolute atomic E-state index is 12.7. The second kappa shape index (κ2) is 7.79. The zero-order chi connectivity index (χ0) is 19.5. The third kappa shape index (κ3) is 3.47. The van der Waals surface area contributed by atoms with E-state index in [9.17, 15) is 4.79 Å². The average Bonchev–Trinajstić information content (AvgIpc) is 3.17. The van der Waals surface area contributed by atoms with Gasteiger partial charge in [-0.15, -0.1) is 5.10 Å². The molecule has 1 amide bonds. The first-order valence-corrected chi connectivity index (χ1v) is 9.47. The zero-order valence-corrected chi connectivity index (χ0v) is 16.0. The molecular formula is C19H23N7O2. The van der Waals surface area contributed by atoms with E-state index in [-0.39, 0.29) is 5.91 Å². The topological polar surface area (TPSA) is 89.3 Å². The summed E-state index contributed by atoms with van der Waals surface area (Å²) in [7, 11) is 0. The van der Waals surface area contributed by atoms with Crippen LogP contribution in [0.2, 0.25) is 0 Å². The number of nitrogens with zero attached hydrogens (tertiary/aromatic N) is 7. The molecule has 1 atom stereocenters. The third-order valence-corrected chi connectivity index (χ3v) is 4.88. The molecule has 3 heterocycles. The largest absolute Gasteiger partial charge is 0.481 e. The highest BCUT2D eigenvalue weighted by Crippen LogP contribution is 2.22. The second-order valence-electron chi connectivity index (χ2n) is 6.66. The van der Waals surface area contributed by atoms with E-state index in [0.29, 0.717) is 44.0 Å². The Morgan fingerprint density at radius 3 is 2.61 bits per heavy atom. The molecule has 0 radical (unpaired) electrons. The zero-order valence-electron chi connectivity index (χ0n) is 16.0. The molecule has 0 aliphatic carbocycles. The van der Waals surface area contributed by atoms with Crippen LogP contribution in [0, 0.1) is 0 Å². The van der Waals surface area contributed by atoms with Gasteiger partial charge in [-0.05, 0) is 26.0 Å². The van der Waals surface area contributed by atoms with Crippen molar-refractivity contribution in [3.63, 3.8) is 0 Å². The van der Waals surface area contributed by atoms with E-state index < -0.39 is 6.10 Å². The van der Waals surface area contributed by atoms with Crippen LogP contribution in [-0.4, -0.2) is 68.1 Å². The molecule has 146 valence electrons. The number of rotatable bonds is 5. The number of benzene rings is 1. The summed E-state index contributed by atoms with van der Waals surface area (Å²) in [6.07, 6.45) is 1.02. The van der Waals surface area contributed by atoms with Crippen LogP contribution in [0.4, 0.5) is 5.82 Å². The number of amides is 1. The van der Waals surface area contributed by atoms with Crippen LogP contribution in [0.1, 0.15) is 13.8 Å². The second-order valence-corrected chi connectivity index (χ2v) is 6.66. The molecule has 0 saturated carbocycles. The van der Waals surface area contributed by atoms with Crippen molar-refractivity contribution < 1.29 is 9.53 Å². The third-order valence-electron chi connectivity index (χ3n) is 4.88. The van der Waals surface area contributed by atoms with E-state index in [4.69, 9.17) is 4.74 Å². The maximum Gasteiger partial charge on any atom is 0.263 e. The lowest BCUT2D eigenvalue weighted by Gasteiger charge is -2.36. The summed E-state index contributed by atoms with van der Waals surface area (Å²) in [4.78, 5) is 25.4. The molecule has 4 rings (SSSR count). The summed E-state index contributed by atoms with van der Waals surface area (Å²) >= 11 is 0. The average molecular weight is 381 g/mol. The number of ether oxygens (including phenoxy) is 1. The monoisotopic (exact) mass is 381 g/mol. The fourth-order valence-electron chi connectivity index (χ4n) is 3.37. The molecule has 1 fully saturated rings. The number of para-hydroxylation sites is 1. The van der Waals surface area contributed by atoms with Gasteiger partial charge in [-0.2, -0.15) is 0 Å². The van der Waals surface area contributed by atoms with Crippen molar-refractivity contribution in [2.24, 2.45) is 0 Å². The smallest absolute Gasteiger partial charge is 0.263 e. The van der Waals surface area contributed by atoms with Gasteiger partial charge in [0.1, 0.15) is 12.1 Å². The molecular weight excluding hydrogens is 358 g/mol. The van der Waals surface area contributed by atoms with E-state index in [2.05, 4.69) is 25.2 Å². The van der Waals surface area contributed by atoms with Gasteiger partial charge in [-0.25, -0.2) is 14.6 Å². The maximum atomic E-state index is 12.7. The lowest BCUT2D eigenvalue weighted by molar-refractivity contribution is -0.138. The Morgan fingerprint density at radius 1 is 1.14 bits per heavy atom. The summed E-state index contributed by atoms with van der Waals surface area (Å²) in [6, 6.07) is 9.41. The first-order chi connectivity index (χ1) is 13.7. The number of aryl methyl sites for hydroxylation is 1. The molecule has 9 nitrogen and oxygen atoms in total. The van der Waals surface area contributed by atoms with E-state index >= 15 is 0 Å². The molecule has 3 aromatic rings. The normalized spacial score (nSPS) is 15.6. The standard InChI is InChI=1S/C19H23N7O2/c1-3-26-18-16(22-23-26)17(20-13-21-18)24-9-11-25(12-10-24)19(27)14(2)28-15-7-5-4-6-8-15/h4-8,13-14H,3,9-12H2,1-2H3/t14-/m1/s1. The number of hydrogen-bond acceptors (Lipinski definition) is 7. The quantitative estimate of drug-likeness (QED) is 0.659. The molecule has 0 bridgehead atoms. The van der Waals surface area contributed by atoms with Crippen molar-refractivity contribution in [2.45, 2.75) is 26.5 Å². The molecule has 1 aliphatic rings. The lowest BCUT2D eigenvalue weighted by atomic mass is 10.2. The first kappa shape index (κ1) is 18.1. The van der Waals surface area contributed by atoms with Gasteiger partial charge in [-0.3, -0.25) is 4.79 Å². The van der Waals surface area contributed by atoms with Crippen LogP contribution in [0.5, 0.6) is 5.75 Å². The van der Waals surface area contributed by atoms with Crippen LogP contribution in [0.3, 0.4) is 0 Å². The first-order valence-electron chi connectivity index (χ1n) is 9.47. The van der Waals surface area contributed by atoms with Crippen molar-refractivity contribution in [1.82, 2.24) is 29.9 Å². The van der Waals surface area contributed by atoms with Gasteiger partial charge in [-0.1, -0.05) is 23.4 Å². The summed E-state index contributed by atoms with van der Waals surface area (Å²) in [5.41, 5.74) is 1.43. The van der Waals surface area contributed by atoms with Crippen LogP contribution in [0.15, 0.2) is 36.7 Å². The molecule has 9 heteroatoms. The van der Waals surface area contributed by atoms with E-state index in [1.807, 2.05) is 42.2 Å². The van der Waals surface area contributed by atoms with E-state index in [0.717, 1.165) is 11.5 Å². The van der Waals surface area contributed by atoms with Crippen molar-refractivity contribution in [1.29, 1.82) is 0 Å². The highest BCUT2D eigenvalue weighted by molar-refractivity contribution is 5.83.